The summed E-state index contributed by atoms with van der Waals surface area (Å²) >= 11 is 5.98. The zero-order chi connectivity index (χ0) is 12.4. The standard InChI is InChI=1S/C10H8ClN3O3/c11-7-3-6(9(15)10(16)17)1-2-8(7)14-5-12-4-13-14/h1-5,9,15H,(H,16,17). The van der Waals surface area contributed by atoms with Crippen LogP contribution in [0.3, 0.4) is 0 Å². The summed E-state index contributed by atoms with van der Waals surface area (Å²) in [5.41, 5.74) is 0.775. The molecule has 0 aliphatic carbocycles. The third kappa shape index (κ3) is 2.27. The van der Waals surface area contributed by atoms with Crippen LogP contribution in [0.1, 0.15) is 11.7 Å². The van der Waals surface area contributed by atoms with E-state index in [1.807, 2.05) is 0 Å². The van der Waals surface area contributed by atoms with Crippen molar-refractivity contribution in [3.63, 3.8) is 0 Å². The second-order valence-corrected chi connectivity index (χ2v) is 3.70. The number of carboxylic acids is 1. The van der Waals surface area contributed by atoms with E-state index in [1.54, 1.807) is 6.07 Å². The molecular weight excluding hydrogens is 246 g/mol. The first kappa shape index (κ1) is 11.6. The minimum absolute atomic E-state index is 0.214. The van der Waals surface area contributed by atoms with Crippen LogP contribution >= 0.6 is 11.6 Å². The van der Waals surface area contributed by atoms with Crippen molar-refractivity contribution in [2.75, 3.05) is 0 Å². The second-order valence-electron chi connectivity index (χ2n) is 3.29. The fraction of sp³-hybridized carbons (Fsp3) is 0.100. The number of nitrogens with zero attached hydrogens (tertiary/aromatic N) is 3. The SMILES string of the molecule is O=C(O)C(O)c1ccc(-n2cncn2)c(Cl)c1. The Kier molecular flexibility index (Phi) is 3.08. The maximum atomic E-state index is 10.6. The van der Waals surface area contributed by atoms with Gasteiger partial charge in [-0.3, -0.25) is 0 Å². The molecule has 0 fully saturated rings. The van der Waals surface area contributed by atoms with Crippen LogP contribution in [0.4, 0.5) is 0 Å². The van der Waals surface area contributed by atoms with Crippen LogP contribution in [0, 0.1) is 0 Å². The van der Waals surface area contributed by atoms with Crippen LogP contribution in [0.15, 0.2) is 30.9 Å². The number of halogens is 1. The molecule has 0 radical (unpaired) electrons. The number of aliphatic hydroxyl groups excluding tert-OH is 1. The van der Waals surface area contributed by atoms with Crippen molar-refractivity contribution in [3.05, 3.63) is 41.4 Å². The van der Waals surface area contributed by atoms with Gasteiger partial charge in [-0.2, -0.15) is 5.10 Å². The topological polar surface area (TPSA) is 88.2 Å². The lowest BCUT2D eigenvalue weighted by Gasteiger charge is -2.09. The summed E-state index contributed by atoms with van der Waals surface area (Å²) in [5, 5.41) is 22.2. The predicted molar refractivity (Wildman–Crippen MR) is 59.0 cm³/mol. The molecule has 0 spiro atoms. The van der Waals surface area contributed by atoms with Gasteiger partial charge in [0.25, 0.3) is 0 Å². The number of carboxylic acid groups (broad SMARTS) is 1. The molecule has 17 heavy (non-hydrogen) atoms. The van der Waals surface area contributed by atoms with E-state index in [2.05, 4.69) is 10.1 Å². The highest BCUT2D eigenvalue weighted by Gasteiger charge is 2.17. The van der Waals surface area contributed by atoms with Crippen molar-refractivity contribution in [3.8, 4) is 5.69 Å². The third-order valence-corrected chi connectivity index (χ3v) is 2.49. The van der Waals surface area contributed by atoms with Crippen molar-refractivity contribution >= 4 is 17.6 Å². The van der Waals surface area contributed by atoms with Crippen LogP contribution in [-0.2, 0) is 4.79 Å². The number of aliphatic carboxylic acids is 1. The summed E-state index contributed by atoms with van der Waals surface area (Å²) in [6.45, 7) is 0. The van der Waals surface area contributed by atoms with Crippen molar-refractivity contribution in [2.45, 2.75) is 6.10 Å². The largest absolute Gasteiger partial charge is 0.479 e. The molecule has 1 atom stereocenters. The van der Waals surface area contributed by atoms with Gasteiger partial charge in [0.05, 0.1) is 10.7 Å². The number of rotatable bonds is 3. The van der Waals surface area contributed by atoms with E-state index in [9.17, 15) is 9.90 Å². The summed E-state index contributed by atoms with van der Waals surface area (Å²) in [7, 11) is 0. The Balaban J connectivity index is 2.39. The van der Waals surface area contributed by atoms with E-state index in [0.717, 1.165) is 0 Å². The Morgan fingerprint density at radius 2 is 2.24 bits per heavy atom. The molecule has 1 aromatic heterocycles. The van der Waals surface area contributed by atoms with Gasteiger partial charge in [-0.05, 0) is 17.7 Å². The summed E-state index contributed by atoms with van der Waals surface area (Å²) < 4.78 is 1.44. The first-order chi connectivity index (χ1) is 8.09. The first-order valence-electron chi connectivity index (χ1n) is 4.65. The molecule has 0 amide bonds. The number of aliphatic hydroxyl groups is 1. The molecule has 0 aliphatic rings. The molecular formula is C10H8ClN3O3. The number of benzene rings is 1. The minimum atomic E-state index is -1.59. The monoisotopic (exact) mass is 253 g/mol. The lowest BCUT2D eigenvalue weighted by molar-refractivity contribution is -0.146. The predicted octanol–water partition coefficient (Wildman–Crippen LogP) is 1.04. The average Bonchev–Trinajstić information content (AvgIpc) is 2.81. The Bertz CT molecular complexity index is 542. The van der Waals surface area contributed by atoms with Crippen LogP contribution in [0.25, 0.3) is 5.69 Å². The van der Waals surface area contributed by atoms with Gasteiger partial charge in [0.1, 0.15) is 12.7 Å². The van der Waals surface area contributed by atoms with E-state index in [4.69, 9.17) is 16.7 Å². The van der Waals surface area contributed by atoms with Gasteiger partial charge in [-0.15, -0.1) is 0 Å². The molecule has 2 rings (SSSR count). The molecule has 7 heteroatoms. The molecule has 1 aromatic carbocycles. The normalized spacial score (nSPS) is 12.4. The fourth-order valence-electron chi connectivity index (χ4n) is 1.35. The maximum absolute atomic E-state index is 10.6. The molecule has 1 unspecified atom stereocenters. The van der Waals surface area contributed by atoms with Crippen molar-refractivity contribution in [1.29, 1.82) is 0 Å². The smallest absolute Gasteiger partial charge is 0.337 e. The molecule has 0 saturated carbocycles. The molecule has 2 aromatic rings. The first-order valence-corrected chi connectivity index (χ1v) is 5.02. The number of carbonyl (C=O) groups is 1. The summed E-state index contributed by atoms with van der Waals surface area (Å²) in [5.74, 6) is -1.32. The minimum Gasteiger partial charge on any atom is -0.479 e. The fourth-order valence-corrected chi connectivity index (χ4v) is 1.63. The van der Waals surface area contributed by atoms with Gasteiger partial charge in [0.2, 0.25) is 0 Å². The number of hydrogen-bond donors (Lipinski definition) is 2. The summed E-state index contributed by atoms with van der Waals surface area (Å²) in [6, 6.07) is 4.43. The highest BCUT2D eigenvalue weighted by Crippen LogP contribution is 2.24. The lowest BCUT2D eigenvalue weighted by Crippen LogP contribution is -2.10. The van der Waals surface area contributed by atoms with E-state index >= 15 is 0 Å². The van der Waals surface area contributed by atoms with Crippen LogP contribution in [-0.4, -0.2) is 30.9 Å². The Morgan fingerprint density at radius 1 is 1.47 bits per heavy atom. The van der Waals surface area contributed by atoms with Gasteiger partial charge in [-0.1, -0.05) is 17.7 Å². The molecule has 0 bridgehead atoms. The Hall–Kier alpha value is -1.92. The van der Waals surface area contributed by atoms with E-state index in [0.29, 0.717) is 5.69 Å². The Morgan fingerprint density at radius 3 is 2.76 bits per heavy atom. The van der Waals surface area contributed by atoms with Gasteiger partial charge >= 0.3 is 5.97 Å². The second kappa shape index (κ2) is 4.52. The van der Waals surface area contributed by atoms with E-state index in [-0.39, 0.29) is 10.6 Å². The van der Waals surface area contributed by atoms with Gasteiger partial charge in [-0.25, -0.2) is 14.5 Å². The molecule has 1 heterocycles. The van der Waals surface area contributed by atoms with Crippen molar-refractivity contribution in [1.82, 2.24) is 14.8 Å². The van der Waals surface area contributed by atoms with Gasteiger partial charge in [0, 0.05) is 0 Å². The molecule has 0 aliphatic heterocycles. The lowest BCUT2D eigenvalue weighted by atomic mass is 10.1. The quantitative estimate of drug-likeness (QED) is 0.853. The zero-order valence-corrected chi connectivity index (χ0v) is 9.24. The van der Waals surface area contributed by atoms with E-state index in [1.165, 1.54) is 29.5 Å². The van der Waals surface area contributed by atoms with Gasteiger partial charge in [0.15, 0.2) is 6.10 Å². The zero-order valence-electron chi connectivity index (χ0n) is 8.49. The van der Waals surface area contributed by atoms with Crippen molar-refractivity contribution in [2.24, 2.45) is 0 Å². The molecule has 0 saturated heterocycles. The Labute approximate surface area is 101 Å². The maximum Gasteiger partial charge on any atom is 0.337 e. The number of hydrogen-bond acceptors (Lipinski definition) is 4. The summed E-state index contributed by atoms with van der Waals surface area (Å²) in [4.78, 5) is 14.4. The molecule has 2 N–H and O–H groups in total. The highest BCUT2D eigenvalue weighted by atomic mass is 35.5. The highest BCUT2D eigenvalue weighted by molar-refractivity contribution is 6.32. The van der Waals surface area contributed by atoms with Crippen LogP contribution < -0.4 is 0 Å². The molecule has 88 valence electrons. The van der Waals surface area contributed by atoms with Crippen molar-refractivity contribution < 1.29 is 15.0 Å². The average molecular weight is 254 g/mol. The summed E-state index contributed by atoms with van der Waals surface area (Å²) in [6.07, 6.45) is 1.24. The van der Waals surface area contributed by atoms with Crippen LogP contribution in [0.5, 0.6) is 0 Å². The number of aromatic nitrogens is 3. The van der Waals surface area contributed by atoms with Crippen LogP contribution in [0.2, 0.25) is 5.02 Å². The molecule has 6 nitrogen and oxygen atoms in total. The van der Waals surface area contributed by atoms with E-state index < -0.39 is 12.1 Å². The third-order valence-electron chi connectivity index (χ3n) is 2.19. The van der Waals surface area contributed by atoms with Gasteiger partial charge < -0.3 is 10.2 Å².